The molecule has 5 nitrogen and oxygen atoms in total. The Balaban J connectivity index is 1.38. The van der Waals surface area contributed by atoms with E-state index in [1.54, 1.807) is 48.6 Å². The van der Waals surface area contributed by atoms with E-state index in [0.717, 1.165) is 12.8 Å². The summed E-state index contributed by atoms with van der Waals surface area (Å²) < 4.78 is 29.9. The van der Waals surface area contributed by atoms with Crippen molar-refractivity contribution < 1.29 is 13.6 Å². The summed E-state index contributed by atoms with van der Waals surface area (Å²) in [4.78, 5) is 14.4. The molecule has 1 amide bonds. The zero-order valence-corrected chi connectivity index (χ0v) is 21.3. The summed E-state index contributed by atoms with van der Waals surface area (Å²) in [5, 5.41) is 4.88. The van der Waals surface area contributed by atoms with Crippen molar-refractivity contribution in [2.24, 2.45) is 5.41 Å². The van der Waals surface area contributed by atoms with Crippen LogP contribution < -0.4 is 10.7 Å². The highest BCUT2D eigenvalue weighted by atomic mass is 35.5. The highest BCUT2D eigenvalue weighted by Gasteiger charge is 2.48. The van der Waals surface area contributed by atoms with Gasteiger partial charge in [0.05, 0.1) is 0 Å². The van der Waals surface area contributed by atoms with E-state index in [-0.39, 0.29) is 22.7 Å². The maximum absolute atomic E-state index is 15.2. The molecule has 2 aliphatic carbocycles. The Labute approximate surface area is 215 Å². The number of nitrogens with one attached hydrogen (secondary N) is 2. The number of halogens is 3. The third-order valence-corrected chi connectivity index (χ3v) is 8.18. The lowest BCUT2D eigenvalue weighted by Crippen LogP contribution is -2.53. The van der Waals surface area contributed by atoms with Crippen LogP contribution in [0.5, 0.6) is 0 Å². The zero-order chi connectivity index (χ0) is 25.6. The molecule has 1 atom stereocenters. The lowest BCUT2D eigenvalue weighted by Gasteiger charge is -2.54. The topological polar surface area (TPSA) is 47.6 Å². The fraction of sp³-hybridized carbons (Fsp3) is 0.393. The number of nitrogens with zero attached hydrogens (tertiary/aromatic N) is 2. The van der Waals surface area contributed by atoms with Crippen LogP contribution in [0, 0.1) is 11.2 Å². The molecule has 2 fully saturated rings. The third-order valence-electron chi connectivity index (χ3n) is 7.77. The molecule has 8 heteroatoms. The summed E-state index contributed by atoms with van der Waals surface area (Å²) in [6.45, 7) is 5.95. The number of hydrogen-bond acceptors (Lipinski definition) is 4. The zero-order valence-electron chi connectivity index (χ0n) is 20.6. The fourth-order valence-corrected chi connectivity index (χ4v) is 6.12. The molecule has 1 aromatic rings. The lowest BCUT2D eigenvalue weighted by atomic mass is 9.54. The monoisotopic (exact) mass is 512 g/mol. The second kappa shape index (κ2) is 9.52. The van der Waals surface area contributed by atoms with Crippen molar-refractivity contribution >= 4 is 28.7 Å². The molecule has 2 N–H and O–H groups in total. The van der Waals surface area contributed by atoms with E-state index in [0.29, 0.717) is 39.8 Å². The molecule has 0 aromatic heterocycles. The van der Waals surface area contributed by atoms with E-state index in [2.05, 4.69) is 17.3 Å². The van der Waals surface area contributed by atoms with E-state index >= 15 is 4.39 Å². The molecule has 36 heavy (non-hydrogen) atoms. The van der Waals surface area contributed by atoms with Crippen molar-refractivity contribution in [3.63, 3.8) is 0 Å². The summed E-state index contributed by atoms with van der Waals surface area (Å²) in [6.07, 6.45) is 11.6. The van der Waals surface area contributed by atoms with E-state index in [1.165, 1.54) is 30.3 Å². The Kier molecular flexibility index (Phi) is 6.55. The standard InChI is InChI=1S/C28H31ClF2N4O/c1-4-20(24-21(7-5-8-23(24)30)22-16-34(3)33-26(22)31)25(29)35-12-9-18(13-17(35)2)27(36)32-19-14-28(15-19)10-6-11-28/h5,7-9,12-13,16,19,26,33H,2,4,6,10-11,14-15H2,1,3H3,(H,32,36)/b25-20+. The highest BCUT2D eigenvalue weighted by molar-refractivity contribution is 6.32. The number of amides is 1. The summed E-state index contributed by atoms with van der Waals surface area (Å²) in [7, 11) is 1.68. The maximum atomic E-state index is 15.2. The quantitative estimate of drug-likeness (QED) is 0.462. The van der Waals surface area contributed by atoms with Gasteiger partial charge in [-0.1, -0.05) is 43.7 Å². The number of allylic oxidation sites excluding steroid dienone is 2. The normalized spacial score (nSPS) is 23.7. The first-order valence-electron chi connectivity index (χ1n) is 12.4. The largest absolute Gasteiger partial charge is 0.349 e. The Morgan fingerprint density at radius 2 is 2.08 bits per heavy atom. The second-order valence-electron chi connectivity index (χ2n) is 10.2. The van der Waals surface area contributed by atoms with Crippen molar-refractivity contribution in [1.82, 2.24) is 20.7 Å². The average molecular weight is 513 g/mol. The van der Waals surface area contributed by atoms with Crippen LogP contribution in [0.25, 0.3) is 11.1 Å². The number of alkyl halides is 1. The van der Waals surface area contributed by atoms with Gasteiger partial charge >= 0.3 is 0 Å². The van der Waals surface area contributed by atoms with Crippen LogP contribution in [0.15, 0.2) is 65.8 Å². The molecule has 190 valence electrons. The Morgan fingerprint density at radius 3 is 2.67 bits per heavy atom. The Bertz CT molecular complexity index is 1220. The van der Waals surface area contributed by atoms with Crippen molar-refractivity contribution in [2.75, 3.05) is 7.05 Å². The fourth-order valence-electron chi connectivity index (χ4n) is 5.73. The van der Waals surface area contributed by atoms with Gasteiger partial charge in [-0.2, -0.15) is 5.43 Å². The summed E-state index contributed by atoms with van der Waals surface area (Å²) >= 11 is 6.83. The minimum absolute atomic E-state index is 0.128. The lowest BCUT2D eigenvalue weighted by molar-refractivity contribution is -0.120. The van der Waals surface area contributed by atoms with Crippen molar-refractivity contribution in [3.05, 3.63) is 82.7 Å². The van der Waals surface area contributed by atoms with Gasteiger partial charge in [-0.25, -0.2) is 8.78 Å². The van der Waals surface area contributed by atoms with Gasteiger partial charge < -0.3 is 15.2 Å². The molecule has 1 unspecified atom stereocenters. The predicted octanol–water partition coefficient (Wildman–Crippen LogP) is 5.95. The molecule has 2 heterocycles. The van der Waals surface area contributed by atoms with Crippen molar-refractivity contribution in [2.45, 2.75) is 57.8 Å². The van der Waals surface area contributed by atoms with Crippen LogP contribution in [-0.2, 0) is 4.79 Å². The maximum Gasteiger partial charge on any atom is 0.251 e. The number of rotatable bonds is 6. The van der Waals surface area contributed by atoms with Gasteiger partial charge in [-0.3, -0.25) is 4.79 Å². The second-order valence-corrected chi connectivity index (χ2v) is 10.5. The number of hydrogen-bond donors (Lipinski definition) is 2. The molecule has 2 saturated carbocycles. The van der Waals surface area contributed by atoms with Crippen LogP contribution in [0.1, 0.15) is 56.6 Å². The molecule has 4 aliphatic rings. The highest BCUT2D eigenvalue weighted by Crippen LogP contribution is 2.55. The first kappa shape index (κ1) is 24.8. The van der Waals surface area contributed by atoms with Gasteiger partial charge in [0.1, 0.15) is 11.0 Å². The van der Waals surface area contributed by atoms with Crippen LogP contribution >= 0.6 is 11.6 Å². The van der Waals surface area contributed by atoms with Gasteiger partial charge in [0.25, 0.3) is 5.91 Å². The molecule has 2 aliphatic heterocycles. The van der Waals surface area contributed by atoms with E-state index in [4.69, 9.17) is 11.6 Å². The number of carbonyl (C=O) groups excluding carboxylic acids is 1. The summed E-state index contributed by atoms with van der Waals surface area (Å²) in [6, 6.07) is 4.82. The molecule has 0 saturated heterocycles. The van der Waals surface area contributed by atoms with E-state index < -0.39 is 12.1 Å². The summed E-state index contributed by atoms with van der Waals surface area (Å²) in [5.74, 6) is -0.616. The minimum Gasteiger partial charge on any atom is -0.349 e. The molecule has 0 radical (unpaired) electrons. The predicted molar refractivity (Wildman–Crippen MR) is 139 cm³/mol. The average Bonchev–Trinajstić information content (AvgIpc) is 3.13. The van der Waals surface area contributed by atoms with Crippen LogP contribution in [0.4, 0.5) is 8.78 Å². The molecular weight excluding hydrogens is 482 g/mol. The van der Waals surface area contributed by atoms with Gasteiger partial charge in [0, 0.05) is 47.9 Å². The molecule has 5 rings (SSSR count). The number of carbonyl (C=O) groups is 1. The Hall–Kier alpha value is -2.90. The third kappa shape index (κ3) is 4.39. The van der Waals surface area contributed by atoms with E-state index in [1.807, 2.05) is 6.92 Å². The first-order chi connectivity index (χ1) is 17.2. The molecule has 0 bridgehead atoms. The van der Waals surface area contributed by atoms with Crippen molar-refractivity contribution in [1.29, 1.82) is 0 Å². The minimum atomic E-state index is -1.46. The molecule has 1 spiro atoms. The van der Waals surface area contributed by atoms with Gasteiger partial charge in [0.2, 0.25) is 0 Å². The molecule has 1 aromatic carbocycles. The van der Waals surface area contributed by atoms with Gasteiger partial charge in [0.15, 0.2) is 6.30 Å². The summed E-state index contributed by atoms with van der Waals surface area (Å²) in [5.41, 5.74) is 5.64. The smallest absolute Gasteiger partial charge is 0.251 e. The van der Waals surface area contributed by atoms with Crippen LogP contribution in [0.2, 0.25) is 0 Å². The number of hydrazine groups is 1. The first-order valence-corrected chi connectivity index (χ1v) is 12.8. The SMILES string of the molecule is C=C1C=C(C(=O)NC2CC3(CCC3)C2)C=CN1/C(Cl)=C(\CC)c1c(F)cccc1C1=CN(C)NC1F. The van der Waals surface area contributed by atoms with Gasteiger partial charge in [-0.15, -0.1) is 0 Å². The number of benzene rings is 1. The van der Waals surface area contributed by atoms with Gasteiger partial charge in [-0.05, 0) is 66.9 Å². The van der Waals surface area contributed by atoms with E-state index in [9.17, 15) is 9.18 Å². The van der Waals surface area contributed by atoms with Crippen molar-refractivity contribution in [3.8, 4) is 0 Å². The van der Waals surface area contributed by atoms with Crippen LogP contribution in [0.3, 0.4) is 0 Å². The van der Waals surface area contributed by atoms with Crippen LogP contribution in [-0.4, -0.2) is 35.2 Å². The molecular formula is C28H31ClF2N4O. The Morgan fingerprint density at radius 1 is 1.33 bits per heavy atom.